The normalized spacial score (nSPS) is 13.9. The second-order valence-corrected chi connectivity index (χ2v) is 4.78. The fourth-order valence-electron chi connectivity index (χ4n) is 1.71. The predicted octanol–water partition coefficient (Wildman–Crippen LogP) is 1.71. The first-order valence-electron chi connectivity index (χ1n) is 6.60. The van der Waals surface area contributed by atoms with Gasteiger partial charge in [-0.1, -0.05) is 0 Å². The van der Waals surface area contributed by atoms with E-state index in [1.807, 2.05) is 0 Å². The van der Waals surface area contributed by atoms with E-state index >= 15 is 0 Å². The number of nitrogens with two attached hydrogens (primary N) is 1. The standard InChI is InChI=1S/C14H19N3O2/c15-9-1-2-13(18)16-11-5-7-12(8-6-11)17-14(19)10-3-4-10/h5-8,10H,1-4,9,15H2,(H,16,18)(H,17,19). The van der Waals surface area contributed by atoms with Gasteiger partial charge in [-0.2, -0.15) is 0 Å². The molecule has 0 spiro atoms. The Bertz CT molecular complexity index is 452. The minimum atomic E-state index is -0.0415. The molecule has 2 rings (SSSR count). The van der Waals surface area contributed by atoms with E-state index in [-0.39, 0.29) is 17.7 Å². The van der Waals surface area contributed by atoms with Crippen LogP contribution in [-0.2, 0) is 9.59 Å². The van der Waals surface area contributed by atoms with Crippen LogP contribution in [0, 0.1) is 5.92 Å². The van der Waals surface area contributed by atoms with Gasteiger partial charge in [0.15, 0.2) is 0 Å². The Balaban J connectivity index is 1.83. The second-order valence-electron chi connectivity index (χ2n) is 4.78. The van der Waals surface area contributed by atoms with Gasteiger partial charge in [-0.15, -0.1) is 0 Å². The van der Waals surface area contributed by atoms with E-state index in [0.717, 1.165) is 24.2 Å². The summed E-state index contributed by atoms with van der Waals surface area (Å²) in [6.45, 7) is 0.513. The maximum Gasteiger partial charge on any atom is 0.227 e. The average molecular weight is 261 g/mol. The van der Waals surface area contributed by atoms with Crippen LogP contribution in [0.5, 0.6) is 0 Å². The summed E-state index contributed by atoms with van der Waals surface area (Å²) in [4.78, 5) is 23.1. The number of hydrogen-bond acceptors (Lipinski definition) is 3. The summed E-state index contributed by atoms with van der Waals surface area (Å²) in [6.07, 6.45) is 3.08. The van der Waals surface area contributed by atoms with Crippen molar-refractivity contribution in [3.05, 3.63) is 24.3 Å². The van der Waals surface area contributed by atoms with Gasteiger partial charge in [0.2, 0.25) is 11.8 Å². The van der Waals surface area contributed by atoms with Crippen LogP contribution in [0.15, 0.2) is 24.3 Å². The maximum atomic E-state index is 11.6. The Morgan fingerprint density at radius 3 is 2.21 bits per heavy atom. The number of benzene rings is 1. The van der Waals surface area contributed by atoms with Gasteiger partial charge in [-0.05, 0) is 50.1 Å². The number of nitrogens with one attached hydrogen (secondary N) is 2. The zero-order valence-electron chi connectivity index (χ0n) is 10.8. The van der Waals surface area contributed by atoms with Crippen LogP contribution in [0.1, 0.15) is 25.7 Å². The third kappa shape index (κ3) is 4.37. The Morgan fingerprint density at radius 1 is 1.11 bits per heavy atom. The number of carbonyl (C=O) groups excluding carboxylic acids is 2. The quantitative estimate of drug-likeness (QED) is 0.729. The minimum absolute atomic E-state index is 0.0415. The molecule has 1 aliphatic rings. The lowest BCUT2D eigenvalue weighted by molar-refractivity contribution is -0.117. The van der Waals surface area contributed by atoms with Crippen molar-refractivity contribution >= 4 is 23.2 Å². The van der Waals surface area contributed by atoms with Crippen molar-refractivity contribution in [2.24, 2.45) is 11.7 Å². The molecule has 0 bridgehead atoms. The molecule has 5 heteroatoms. The Kier molecular flexibility index (Phi) is 4.52. The summed E-state index contributed by atoms with van der Waals surface area (Å²) in [5, 5.41) is 5.64. The highest BCUT2D eigenvalue weighted by atomic mass is 16.2. The first-order chi connectivity index (χ1) is 9.19. The van der Waals surface area contributed by atoms with E-state index < -0.39 is 0 Å². The van der Waals surface area contributed by atoms with Gasteiger partial charge in [0.25, 0.3) is 0 Å². The van der Waals surface area contributed by atoms with Crippen LogP contribution >= 0.6 is 0 Å². The van der Waals surface area contributed by atoms with E-state index in [9.17, 15) is 9.59 Å². The molecule has 0 radical (unpaired) electrons. The summed E-state index contributed by atoms with van der Waals surface area (Å²) in [7, 11) is 0. The van der Waals surface area contributed by atoms with Gasteiger partial charge >= 0.3 is 0 Å². The number of hydrogen-bond donors (Lipinski definition) is 3. The Labute approximate surface area is 112 Å². The van der Waals surface area contributed by atoms with Gasteiger partial charge in [0.1, 0.15) is 0 Å². The smallest absolute Gasteiger partial charge is 0.227 e. The molecule has 0 aromatic heterocycles. The van der Waals surface area contributed by atoms with Crippen molar-refractivity contribution in [3.63, 3.8) is 0 Å². The van der Waals surface area contributed by atoms with E-state index in [4.69, 9.17) is 5.73 Å². The highest BCUT2D eigenvalue weighted by Gasteiger charge is 2.29. The third-order valence-corrected chi connectivity index (χ3v) is 2.99. The van der Waals surface area contributed by atoms with Crippen LogP contribution in [0.2, 0.25) is 0 Å². The van der Waals surface area contributed by atoms with Crippen molar-refractivity contribution in [1.29, 1.82) is 0 Å². The zero-order valence-corrected chi connectivity index (χ0v) is 10.8. The highest BCUT2D eigenvalue weighted by molar-refractivity contribution is 5.95. The first kappa shape index (κ1) is 13.5. The molecular weight excluding hydrogens is 242 g/mol. The molecule has 102 valence electrons. The van der Waals surface area contributed by atoms with E-state index in [0.29, 0.717) is 19.4 Å². The van der Waals surface area contributed by atoms with Crippen molar-refractivity contribution in [1.82, 2.24) is 0 Å². The molecule has 5 nitrogen and oxygen atoms in total. The third-order valence-electron chi connectivity index (χ3n) is 2.99. The highest BCUT2D eigenvalue weighted by Crippen LogP contribution is 2.30. The topological polar surface area (TPSA) is 84.2 Å². The summed E-state index contributed by atoms with van der Waals surface area (Å²) in [5.74, 6) is 0.232. The van der Waals surface area contributed by atoms with Crippen LogP contribution in [0.4, 0.5) is 11.4 Å². The monoisotopic (exact) mass is 261 g/mol. The van der Waals surface area contributed by atoms with Crippen LogP contribution < -0.4 is 16.4 Å². The van der Waals surface area contributed by atoms with E-state index in [1.54, 1.807) is 24.3 Å². The molecule has 1 aromatic rings. The number of amides is 2. The Morgan fingerprint density at radius 2 is 1.68 bits per heavy atom. The van der Waals surface area contributed by atoms with E-state index in [2.05, 4.69) is 10.6 Å². The maximum absolute atomic E-state index is 11.6. The zero-order chi connectivity index (χ0) is 13.7. The predicted molar refractivity (Wildman–Crippen MR) is 74.7 cm³/mol. The average Bonchev–Trinajstić information content (AvgIpc) is 3.23. The molecule has 1 fully saturated rings. The number of anilines is 2. The second kappa shape index (κ2) is 6.33. The molecule has 2 amide bonds. The van der Waals surface area contributed by atoms with Crippen LogP contribution in [0.3, 0.4) is 0 Å². The van der Waals surface area contributed by atoms with Gasteiger partial charge in [-0.25, -0.2) is 0 Å². The van der Waals surface area contributed by atoms with Crippen LogP contribution in [0.25, 0.3) is 0 Å². The molecular formula is C14H19N3O2. The van der Waals surface area contributed by atoms with Crippen molar-refractivity contribution in [2.45, 2.75) is 25.7 Å². The van der Waals surface area contributed by atoms with Crippen molar-refractivity contribution in [2.75, 3.05) is 17.2 Å². The molecule has 0 heterocycles. The molecule has 0 aliphatic heterocycles. The lowest BCUT2D eigenvalue weighted by Gasteiger charge is -2.07. The van der Waals surface area contributed by atoms with Crippen molar-refractivity contribution in [3.8, 4) is 0 Å². The molecule has 0 unspecified atom stereocenters. The van der Waals surface area contributed by atoms with E-state index in [1.165, 1.54) is 0 Å². The molecule has 4 N–H and O–H groups in total. The molecule has 0 saturated heterocycles. The lowest BCUT2D eigenvalue weighted by Crippen LogP contribution is -2.14. The molecule has 0 atom stereocenters. The first-order valence-corrected chi connectivity index (χ1v) is 6.60. The summed E-state index contributed by atoms with van der Waals surface area (Å²) in [5.41, 5.74) is 6.83. The SMILES string of the molecule is NCCCC(=O)Nc1ccc(NC(=O)C2CC2)cc1. The minimum Gasteiger partial charge on any atom is -0.330 e. The Hall–Kier alpha value is -1.88. The van der Waals surface area contributed by atoms with Gasteiger partial charge in [0.05, 0.1) is 0 Å². The van der Waals surface area contributed by atoms with Crippen molar-refractivity contribution < 1.29 is 9.59 Å². The van der Waals surface area contributed by atoms with Gasteiger partial charge in [-0.3, -0.25) is 9.59 Å². The molecule has 19 heavy (non-hydrogen) atoms. The summed E-state index contributed by atoms with van der Waals surface area (Å²) in [6, 6.07) is 7.14. The number of rotatable bonds is 6. The number of carbonyl (C=O) groups is 2. The largest absolute Gasteiger partial charge is 0.330 e. The summed E-state index contributed by atoms with van der Waals surface area (Å²) < 4.78 is 0. The van der Waals surface area contributed by atoms with Crippen LogP contribution in [-0.4, -0.2) is 18.4 Å². The summed E-state index contributed by atoms with van der Waals surface area (Å²) >= 11 is 0. The fraction of sp³-hybridized carbons (Fsp3) is 0.429. The van der Waals surface area contributed by atoms with Gasteiger partial charge < -0.3 is 16.4 Å². The van der Waals surface area contributed by atoms with Gasteiger partial charge in [0, 0.05) is 23.7 Å². The fourth-order valence-corrected chi connectivity index (χ4v) is 1.71. The molecule has 1 aliphatic carbocycles. The molecule has 1 saturated carbocycles. The molecule has 1 aromatic carbocycles. The lowest BCUT2D eigenvalue weighted by atomic mass is 10.2.